The Labute approximate surface area is 112 Å². The molecule has 19 heavy (non-hydrogen) atoms. The summed E-state index contributed by atoms with van der Waals surface area (Å²) in [5.41, 5.74) is 7.42. The summed E-state index contributed by atoms with van der Waals surface area (Å²) < 4.78 is 9.74. The van der Waals surface area contributed by atoms with Gasteiger partial charge in [-0.15, -0.1) is 0 Å². The van der Waals surface area contributed by atoms with E-state index in [4.69, 9.17) is 15.2 Å². The van der Waals surface area contributed by atoms with Gasteiger partial charge in [0.05, 0.1) is 12.2 Å². The summed E-state index contributed by atoms with van der Waals surface area (Å²) in [6.45, 7) is 3.78. The van der Waals surface area contributed by atoms with Crippen LogP contribution in [0.4, 0.5) is 5.69 Å². The van der Waals surface area contributed by atoms with Crippen molar-refractivity contribution in [1.82, 2.24) is 0 Å². The summed E-state index contributed by atoms with van der Waals surface area (Å²) in [6.07, 6.45) is 1.74. The van der Waals surface area contributed by atoms with Crippen LogP contribution >= 0.6 is 0 Å². The Kier molecular flexibility index (Phi) is 5.85. The first kappa shape index (κ1) is 15.0. The van der Waals surface area contributed by atoms with Crippen molar-refractivity contribution in [3.05, 3.63) is 29.3 Å². The maximum absolute atomic E-state index is 11.7. The van der Waals surface area contributed by atoms with Crippen molar-refractivity contribution in [2.75, 3.05) is 18.9 Å². The minimum absolute atomic E-state index is 0.355. The van der Waals surface area contributed by atoms with Crippen LogP contribution < -0.4 is 5.73 Å². The molecule has 0 saturated carbocycles. The number of ether oxygens (including phenoxy) is 2. The molecule has 0 saturated heterocycles. The summed E-state index contributed by atoms with van der Waals surface area (Å²) in [5, 5.41) is 0. The van der Waals surface area contributed by atoms with Crippen LogP contribution in [0.15, 0.2) is 18.2 Å². The maximum atomic E-state index is 11.7. The minimum Gasteiger partial charge on any atom is -0.463 e. The van der Waals surface area contributed by atoms with Crippen LogP contribution in [0.5, 0.6) is 0 Å². The van der Waals surface area contributed by atoms with Gasteiger partial charge in [0.1, 0.15) is 0 Å². The Bertz CT molecular complexity index is 457. The molecule has 0 spiro atoms. The van der Waals surface area contributed by atoms with E-state index in [-0.39, 0.29) is 6.61 Å². The summed E-state index contributed by atoms with van der Waals surface area (Å²) in [6, 6.07) is 4.82. The van der Waals surface area contributed by atoms with E-state index in [1.165, 1.54) is 0 Å². The van der Waals surface area contributed by atoms with Crippen molar-refractivity contribution in [2.45, 2.75) is 26.7 Å². The fourth-order valence-electron chi connectivity index (χ4n) is 1.38. The molecule has 0 aliphatic heterocycles. The number of aryl methyl sites for hydroxylation is 1. The lowest BCUT2D eigenvalue weighted by molar-refractivity contribution is -0.147. The van der Waals surface area contributed by atoms with Crippen molar-refractivity contribution in [3.63, 3.8) is 0 Å². The lowest BCUT2D eigenvalue weighted by Gasteiger charge is -2.07. The second kappa shape index (κ2) is 7.41. The van der Waals surface area contributed by atoms with Gasteiger partial charge in [-0.05, 0) is 37.1 Å². The third-order valence-corrected chi connectivity index (χ3v) is 2.59. The van der Waals surface area contributed by atoms with E-state index < -0.39 is 11.9 Å². The first-order valence-electron chi connectivity index (χ1n) is 6.23. The predicted octanol–water partition coefficient (Wildman–Crippen LogP) is 2.08. The molecule has 0 unspecified atom stereocenters. The second-order valence-electron chi connectivity index (χ2n) is 4.22. The van der Waals surface area contributed by atoms with Gasteiger partial charge in [0.2, 0.25) is 0 Å². The molecule has 0 aromatic heterocycles. The van der Waals surface area contributed by atoms with Gasteiger partial charge in [-0.1, -0.05) is 13.3 Å². The highest BCUT2D eigenvalue weighted by molar-refractivity contribution is 5.91. The standard InChI is InChI=1S/C14H19NO4/c1-3-4-7-18-13(16)9-19-14(17)11-5-6-12(15)10(2)8-11/h5-6,8H,3-4,7,9,15H2,1-2H3. The number of anilines is 1. The number of esters is 2. The lowest BCUT2D eigenvalue weighted by Crippen LogP contribution is -2.17. The molecule has 0 heterocycles. The van der Waals surface area contributed by atoms with Gasteiger partial charge >= 0.3 is 11.9 Å². The zero-order valence-corrected chi connectivity index (χ0v) is 11.3. The van der Waals surface area contributed by atoms with Crippen molar-refractivity contribution in [1.29, 1.82) is 0 Å². The van der Waals surface area contributed by atoms with E-state index in [1.807, 2.05) is 6.92 Å². The highest BCUT2D eigenvalue weighted by Gasteiger charge is 2.11. The Balaban J connectivity index is 2.42. The molecule has 0 fully saturated rings. The number of carbonyl (C=O) groups is 2. The molecule has 2 N–H and O–H groups in total. The zero-order valence-electron chi connectivity index (χ0n) is 11.3. The molecule has 5 nitrogen and oxygen atoms in total. The molecule has 0 aliphatic carbocycles. The highest BCUT2D eigenvalue weighted by Crippen LogP contribution is 2.13. The highest BCUT2D eigenvalue weighted by atomic mass is 16.6. The van der Waals surface area contributed by atoms with Gasteiger partial charge in [0.15, 0.2) is 6.61 Å². The van der Waals surface area contributed by atoms with E-state index in [2.05, 4.69) is 0 Å². The van der Waals surface area contributed by atoms with Crippen LogP contribution in [-0.2, 0) is 14.3 Å². The normalized spacial score (nSPS) is 10.0. The first-order chi connectivity index (χ1) is 9.04. The number of benzene rings is 1. The molecule has 0 bridgehead atoms. The van der Waals surface area contributed by atoms with E-state index in [0.29, 0.717) is 17.9 Å². The smallest absolute Gasteiger partial charge is 0.344 e. The number of nitrogen functional groups attached to an aromatic ring is 1. The Morgan fingerprint density at radius 2 is 2.00 bits per heavy atom. The summed E-state index contributed by atoms with van der Waals surface area (Å²) in [5.74, 6) is -1.09. The third-order valence-electron chi connectivity index (χ3n) is 2.59. The average Bonchev–Trinajstić information content (AvgIpc) is 2.39. The van der Waals surface area contributed by atoms with Gasteiger partial charge in [-0.25, -0.2) is 9.59 Å². The van der Waals surface area contributed by atoms with Gasteiger partial charge in [-0.2, -0.15) is 0 Å². The number of hydrogen-bond donors (Lipinski definition) is 1. The lowest BCUT2D eigenvalue weighted by atomic mass is 10.1. The van der Waals surface area contributed by atoms with Gasteiger partial charge in [0.25, 0.3) is 0 Å². The van der Waals surface area contributed by atoms with Crippen molar-refractivity contribution >= 4 is 17.6 Å². The molecular weight excluding hydrogens is 246 g/mol. The average molecular weight is 265 g/mol. The molecule has 0 atom stereocenters. The zero-order chi connectivity index (χ0) is 14.3. The number of carbonyl (C=O) groups excluding carboxylic acids is 2. The van der Waals surface area contributed by atoms with E-state index >= 15 is 0 Å². The Morgan fingerprint density at radius 3 is 2.63 bits per heavy atom. The number of nitrogens with two attached hydrogens (primary N) is 1. The summed E-state index contributed by atoms with van der Waals surface area (Å²) in [7, 11) is 0. The monoisotopic (exact) mass is 265 g/mol. The van der Waals surface area contributed by atoms with E-state index in [0.717, 1.165) is 18.4 Å². The fourth-order valence-corrected chi connectivity index (χ4v) is 1.38. The molecule has 1 aromatic rings. The molecule has 1 rings (SSSR count). The maximum Gasteiger partial charge on any atom is 0.344 e. The van der Waals surface area contributed by atoms with Crippen molar-refractivity contribution in [3.8, 4) is 0 Å². The SMILES string of the molecule is CCCCOC(=O)COC(=O)c1ccc(N)c(C)c1. The largest absolute Gasteiger partial charge is 0.463 e. The molecule has 1 aromatic carbocycles. The number of rotatable bonds is 6. The number of hydrogen-bond acceptors (Lipinski definition) is 5. The van der Waals surface area contributed by atoms with Crippen LogP contribution in [-0.4, -0.2) is 25.2 Å². The Hall–Kier alpha value is -2.04. The van der Waals surface area contributed by atoms with Crippen LogP contribution in [0.3, 0.4) is 0 Å². The van der Waals surface area contributed by atoms with Crippen LogP contribution in [0, 0.1) is 6.92 Å². The van der Waals surface area contributed by atoms with Crippen molar-refractivity contribution in [2.24, 2.45) is 0 Å². The third kappa shape index (κ3) is 4.99. The van der Waals surface area contributed by atoms with E-state index in [1.54, 1.807) is 25.1 Å². The van der Waals surface area contributed by atoms with Gasteiger partial charge < -0.3 is 15.2 Å². The molecule has 0 aliphatic rings. The topological polar surface area (TPSA) is 78.6 Å². The van der Waals surface area contributed by atoms with Crippen LogP contribution in [0.25, 0.3) is 0 Å². The second-order valence-corrected chi connectivity index (χ2v) is 4.22. The molecule has 5 heteroatoms. The first-order valence-corrected chi connectivity index (χ1v) is 6.23. The van der Waals surface area contributed by atoms with Crippen LogP contribution in [0.1, 0.15) is 35.7 Å². The molecule has 104 valence electrons. The Morgan fingerprint density at radius 1 is 1.26 bits per heavy atom. The van der Waals surface area contributed by atoms with E-state index in [9.17, 15) is 9.59 Å². The molecular formula is C14H19NO4. The van der Waals surface area contributed by atoms with Crippen LogP contribution in [0.2, 0.25) is 0 Å². The van der Waals surface area contributed by atoms with Gasteiger partial charge in [0, 0.05) is 5.69 Å². The summed E-state index contributed by atoms with van der Waals surface area (Å²) >= 11 is 0. The molecule has 0 amide bonds. The fraction of sp³-hybridized carbons (Fsp3) is 0.429. The van der Waals surface area contributed by atoms with Crippen molar-refractivity contribution < 1.29 is 19.1 Å². The number of unbranched alkanes of at least 4 members (excludes halogenated alkanes) is 1. The molecule has 0 radical (unpaired) electrons. The predicted molar refractivity (Wildman–Crippen MR) is 71.7 cm³/mol. The summed E-state index contributed by atoms with van der Waals surface area (Å²) in [4.78, 5) is 22.9. The minimum atomic E-state index is -0.560. The quantitative estimate of drug-likeness (QED) is 0.484. The van der Waals surface area contributed by atoms with Gasteiger partial charge in [-0.3, -0.25) is 0 Å².